The van der Waals surface area contributed by atoms with E-state index in [1.165, 1.54) is 29.8 Å². The molecule has 1 saturated heterocycles. The molecule has 1 N–H and O–H groups in total. The van der Waals surface area contributed by atoms with E-state index in [4.69, 9.17) is 9.47 Å². The fourth-order valence-corrected chi connectivity index (χ4v) is 3.37. The van der Waals surface area contributed by atoms with E-state index in [-0.39, 0.29) is 0 Å². The van der Waals surface area contributed by atoms with Gasteiger partial charge >= 0.3 is 0 Å². The maximum atomic E-state index is 5.67. The molecule has 0 bridgehead atoms. The van der Waals surface area contributed by atoms with Gasteiger partial charge in [0.1, 0.15) is 5.75 Å². The fourth-order valence-electron chi connectivity index (χ4n) is 3.37. The molecule has 1 aliphatic heterocycles. The van der Waals surface area contributed by atoms with E-state index in [9.17, 15) is 0 Å². The average molecular weight is 314 g/mol. The molecular formula is C19H26N2O2. The standard InChI is InChI=1S/C19H26N2O2/c1-14-11-16(12-20-13-17-7-6-10-23-17)15(2)21(14)18-8-4-5-9-19(18)22-3/h4-5,8-9,11,17,20H,6-7,10,12-13H2,1-3H3. The summed E-state index contributed by atoms with van der Waals surface area (Å²) in [6, 6.07) is 10.4. The van der Waals surface area contributed by atoms with Gasteiger partial charge in [-0.2, -0.15) is 0 Å². The van der Waals surface area contributed by atoms with Crippen molar-refractivity contribution in [3.8, 4) is 11.4 Å². The van der Waals surface area contributed by atoms with E-state index in [1.54, 1.807) is 7.11 Å². The Labute approximate surface area is 138 Å². The van der Waals surface area contributed by atoms with Crippen molar-refractivity contribution in [1.29, 1.82) is 0 Å². The predicted molar refractivity (Wildman–Crippen MR) is 92.5 cm³/mol. The van der Waals surface area contributed by atoms with Gasteiger partial charge in [0.25, 0.3) is 0 Å². The zero-order chi connectivity index (χ0) is 16.2. The number of hydrogen-bond donors (Lipinski definition) is 1. The summed E-state index contributed by atoms with van der Waals surface area (Å²) in [5.41, 5.74) is 4.90. The molecule has 0 aliphatic carbocycles. The minimum atomic E-state index is 0.382. The van der Waals surface area contributed by atoms with Crippen LogP contribution in [0.15, 0.2) is 30.3 Å². The largest absolute Gasteiger partial charge is 0.495 e. The molecule has 1 aliphatic rings. The Morgan fingerprint density at radius 2 is 2.13 bits per heavy atom. The summed E-state index contributed by atoms with van der Waals surface area (Å²) in [5.74, 6) is 0.896. The van der Waals surface area contributed by atoms with Gasteiger partial charge in [-0.3, -0.25) is 0 Å². The molecule has 1 atom stereocenters. The Balaban J connectivity index is 1.76. The van der Waals surface area contributed by atoms with Gasteiger partial charge in [0.05, 0.1) is 18.9 Å². The van der Waals surface area contributed by atoms with E-state index < -0.39 is 0 Å². The average Bonchev–Trinajstić information content (AvgIpc) is 3.16. The summed E-state index contributed by atoms with van der Waals surface area (Å²) in [5, 5.41) is 3.54. The smallest absolute Gasteiger partial charge is 0.142 e. The van der Waals surface area contributed by atoms with Crippen LogP contribution in [0.1, 0.15) is 29.8 Å². The minimum Gasteiger partial charge on any atom is -0.495 e. The lowest BCUT2D eigenvalue weighted by Crippen LogP contribution is -2.25. The molecule has 1 fully saturated rings. The van der Waals surface area contributed by atoms with Crippen molar-refractivity contribution in [2.24, 2.45) is 0 Å². The molecule has 0 saturated carbocycles. The van der Waals surface area contributed by atoms with Crippen LogP contribution in [0.5, 0.6) is 5.75 Å². The molecule has 0 amide bonds. The lowest BCUT2D eigenvalue weighted by atomic mass is 10.2. The quantitative estimate of drug-likeness (QED) is 0.888. The topological polar surface area (TPSA) is 35.4 Å². The highest BCUT2D eigenvalue weighted by Gasteiger charge is 2.16. The van der Waals surface area contributed by atoms with Gasteiger partial charge < -0.3 is 19.4 Å². The number of benzene rings is 1. The molecule has 4 nitrogen and oxygen atoms in total. The van der Waals surface area contributed by atoms with Gasteiger partial charge in [0, 0.05) is 31.1 Å². The number of rotatable bonds is 6. The maximum Gasteiger partial charge on any atom is 0.142 e. The molecule has 1 aromatic heterocycles. The van der Waals surface area contributed by atoms with Gasteiger partial charge in [-0.25, -0.2) is 0 Å². The third-order valence-corrected chi connectivity index (χ3v) is 4.57. The van der Waals surface area contributed by atoms with Gasteiger partial charge in [-0.05, 0) is 50.5 Å². The Morgan fingerprint density at radius 3 is 2.87 bits per heavy atom. The fraction of sp³-hybridized carbons (Fsp3) is 0.474. The first-order valence-corrected chi connectivity index (χ1v) is 8.34. The van der Waals surface area contributed by atoms with Crippen molar-refractivity contribution in [3.05, 3.63) is 47.3 Å². The summed E-state index contributed by atoms with van der Waals surface area (Å²) >= 11 is 0. The van der Waals surface area contributed by atoms with Crippen molar-refractivity contribution < 1.29 is 9.47 Å². The van der Waals surface area contributed by atoms with E-state index in [0.717, 1.165) is 31.1 Å². The molecule has 23 heavy (non-hydrogen) atoms. The molecular weight excluding hydrogens is 288 g/mol. The zero-order valence-corrected chi connectivity index (χ0v) is 14.3. The first-order valence-electron chi connectivity index (χ1n) is 8.34. The molecule has 3 rings (SSSR count). The van der Waals surface area contributed by atoms with Crippen molar-refractivity contribution in [1.82, 2.24) is 9.88 Å². The Kier molecular flexibility index (Phi) is 5.03. The molecule has 1 unspecified atom stereocenters. The Morgan fingerprint density at radius 1 is 1.30 bits per heavy atom. The zero-order valence-electron chi connectivity index (χ0n) is 14.3. The highest BCUT2D eigenvalue weighted by atomic mass is 16.5. The summed E-state index contributed by atoms with van der Waals surface area (Å²) in [4.78, 5) is 0. The second kappa shape index (κ2) is 7.20. The van der Waals surface area contributed by atoms with Gasteiger partial charge in [0.2, 0.25) is 0 Å². The number of para-hydroxylation sites is 2. The van der Waals surface area contributed by atoms with Crippen molar-refractivity contribution in [2.75, 3.05) is 20.3 Å². The lowest BCUT2D eigenvalue weighted by molar-refractivity contribution is 0.110. The van der Waals surface area contributed by atoms with Crippen LogP contribution in [-0.4, -0.2) is 30.9 Å². The first kappa shape index (κ1) is 16.1. The number of ether oxygens (including phenoxy) is 2. The Bertz CT molecular complexity index is 657. The number of aromatic nitrogens is 1. The van der Waals surface area contributed by atoms with E-state index in [1.807, 2.05) is 18.2 Å². The second-order valence-electron chi connectivity index (χ2n) is 6.17. The molecule has 124 valence electrons. The van der Waals surface area contributed by atoms with Crippen LogP contribution in [0.2, 0.25) is 0 Å². The second-order valence-corrected chi connectivity index (χ2v) is 6.17. The monoisotopic (exact) mass is 314 g/mol. The molecule has 1 aromatic carbocycles. The lowest BCUT2D eigenvalue weighted by Gasteiger charge is -2.14. The number of methoxy groups -OCH3 is 1. The number of nitrogens with zero attached hydrogens (tertiary/aromatic N) is 1. The molecule has 4 heteroatoms. The summed E-state index contributed by atoms with van der Waals surface area (Å²) in [7, 11) is 1.72. The van der Waals surface area contributed by atoms with E-state index in [2.05, 4.69) is 35.9 Å². The normalized spacial score (nSPS) is 17.6. The summed E-state index contributed by atoms with van der Waals surface area (Å²) in [6.45, 7) is 7.02. The van der Waals surface area contributed by atoms with Gasteiger partial charge in [-0.15, -0.1) is 0 Å². The third-order valence-electron chi connectivity index (χ3n) is 4.57. The van der Waals surface area contributed by atoms with Crippen LogP contribution in [-0.2, 0) is 11.3 Å². The molecule has 2 heterocycles. The summed E-state index contributed by atoms with van der Waals surface area (Å²) in [6.07, 6.45) is 2.75. The van der Waals surface area contributed by atoms with Crippen LogP contribution in [0.4, 0.5) is 0 Å². The van der Waals surface area contributed by atoms with E-state index >= 15 is 0 Å². The third kappa shape index (κ3) is 3.43. The minimum absolute atomic E-state index is 0.382. The van der Waals surface area contributed by atoms with Crippen LogP contribution in [0, 0.1) is 13.8 Å². The highest BCUT2D eigenvalue weighted by Crippen LogP contribution is 2.27. The molecule has 2 aromatic rings. The SMILES string of the molecule is COc1ccccc1-n1c(C)cc(CNCC2CCCO2)c1C. The maximum absolute atomic E-state index is 5.67. The van der Waals surface area contributed by atoms with Crippen LogP contribution < -0.4 is 10.1 Å². The predicted octanol–water partition coefficient (Wildman–Crippen LogP) is 3.37. The van der Waals surface area contributed by atoms with Gasteiger partial charge in [-0.1, -0.05) is 12.1 Å². The van der Waals surface area contributed by atoms with E-state index in [0.29, 0.717) is 6.10 Å². The highest BCUT2D eigenvalue weighted by molar-refractivity contribution is 5.50. The number of hydrogen-bond acceptors (Lipinski definition) is 3. The van der Waals surface area contributed by atoms with Crippen molar-refractivity contribution in [2.45, 2.75) is 39.3 Å². The number of aryl methyl sites for hydroxylation is 1. The van der Waals surface area contributed by atoms with Crippen LogP contribution in [0.3, 0.4) is 0 Å². The van der Waals surface area contributed by atoms with Crippen LogP contribution in [0.25, 0.3) is 5.69 Å². The first-order chi connectivity index (χ1) is 11.2. The van der Waals surface area contributed by atoms with Crippen molar-refractivity contribution >= 4 is 0 Å². The Hall–Kier alpha value is -1.78. The molecule has 0 radical (unpaired) electrons. The number of nitrogens with one attached hydrogen (secondary N) is 1. The molecule has 0 spiro atoms. The summed E-state index contributed by atoms with van der Waals surface area (Å²) < 4.78 is 13.4. The van der Waals surface area contributed by atoms with Crippen LogP contribution >= 0.6 is 0 Å². The van der Waals surface area contributed by atoms with Gasteiger partial charge in [0.15, 0.2) is 0 Å². The van der Waals surface area contributed by atoms with Crippen molar-refractivity contribution in [3.63, 3.8) is 0 Å².